The Morgan fingerprint density at radius 3 is 2.50 bits per heavy atom. The van der Waals surface area contributed by atoms with Crippen LogP contribution in [0, 0.1) is 11.3 Å². The zero-order valence-electron chi connectivity index (χ0n) is 8.75. The number of carbonyl (C=O) groups is 1. The van der Waals surface area contributed by atoms with Crippen molar-refractivity contribution in [3.63, 3.8) is 0 Å². The summed E-state index contributed by atoms with van der Waals surface area (Å²) < 4.78 is 10.0. The number of esters is 1. The number of methoxy groups -OCH3 is 1. The molecule has 0 bridgehead atoms. The second kappa shape index (κ2) is 3.89. The van der Waals surface area contributed by atoms with Gasteiger partial charge >= 0.3 is 5.97 Å². The van der Waals surface area contributed by atoms with E-state index in [1.54, 1.807) is 0 Å². The molecule has 2 aliphatic rings. The first-order valence-corrected chi connectivity index (χ1v) is 5.43. The molecule has 0 aromatic heterocycles. The molecule has 3 nitrogen and oxygen atoms in total. The van der Waals surface area contributed by atoms with E-state index in [0.717, 1.165) is 12.3 Å². The second-order valence-electron chi connectivity index (χ2n) is 4.62. The molecule has 1 heterocycles. The van der Waals surface area contributed by atoms with Gasteiger partial charge in [-0.25, -0.2) is 0 Å². The van der Waals surface area contributed by atoms with Crippen LogP contribution in [0.15, 0.2) is 0 Å². The molecule has 1 saturated heterocycles. The van der Waals surface area contributed by atoms with E-state index < -0.39 is 0 Å². The first-order chi connectivity index (χ1) is 6.77. The summed E-state index contributed by atoms with van der Waals surface area (Å²) in [6.07, 6.45) is 6.17. The summed E-state index contributed by atoms with van der Waals surface area (Å²) in [5.41, 5.74) is -0.288. The summed E-state index contributed by atoms with van der Waals surface area (Å²) in [5.74, 6) is 0.647. The molecule has 14 heavy (non-hydrogen) atoms. The summed E-state index contributed by atoms with van der Waals surface area (Å²) in [5, 5.41) is 0. The Kier molecular flexibility index (Phi) is 2.77. The molecule has 0 aromatic rings. The highest BCUT2D eigenvalue weighted by Gasteiger charge is 2.48. The molecule has 0 spiro atoms. The number of hydrogen-bond donors (Lipinski definition) is 0. The molecule has 1 aliphatic heterocycles. The van der Waals surface area contributed by atoms with Crippen molar-refractivity contribution in [2.24, 2.45) is 11.3 Å². The van der Waals surface area contributed by atoms with Gasteiger partial charge in [-0.2, -0.15) is 0 Å². The van der Waals surface area contributed by atoms with E-state index in [4.69, 9.17) is 9.47 Å². The smallest absolute Gasteiger partial charge is 0.316 e. The van der Waals surface area contributed by atoms with Crippen LogP contribution >= 0.6 is 0 Å². The van der Waals surface area contributed by atoms with E-state index in [2.05, 4.69) is 0 Å². The molecule has 0 aromatic carbocycles. The van der Waals surface area contributed by atoms with Gasteiger partial charge in [0.2, 0.25) is 0 Å². The fourth-order valence-corrected chi connectivity index (χ4v) is 2.65. The Bertz CT molecular complexity index is 215. The quantitative estimate of drug-likeness (QED) is 0.648. The van der Waals surface area contributed by atoms with Crippen molar-refractivity contribution in [1.82, 2.24) is 0 Å². The third-order valence-electron chi connectivity index (χ3n) is 3.53. The lowest BCUT2D eigenvalue weighted by Gasteiger charge is -2.40. The fraction of sp³-hybridized carbons (Fsp3) is 0.909. The van der Waals surface area contributed by atoms with Gasteiger partial charge in [0, 0.05) is 0 Å². The standard InChI is InChI=1S/C11H18O3/c1-13-10(12)11(7-14-8-11)6-9-4-2-3-5-9/h9H,2-8H2,1H3. The van der Waals surface area contributed by atoms with Gasteiger partial charge in [0.25, 0.3) is 0 Å². The Labute approximate surface area is 84.8 Å². The zero-order chi connectivity index (χ0) is 10.0. The molecule has 0 radical (unpaired) electrons. The molecule has 1 aliphatic carbocycles. The minimum atomic E-state index is -0.288. The maximum atomic E-state index is 11.6. The van der Waals surface area contributed by atoms with E-state index in [1.165, 1.54) is 32.8 Å². The van der Waals surface area contributed by atoms with Crippen molar-refractivity contribution >= 4 is 5.97 Å². The molecule has 0 N–H and O–H groups in total. The van der Waals surface area contributed by atoms with Gasteiger partial charge in [0.15, 0.2) is 0 Å². The van der Waals surface area contributed by atoms with Crippen molar-refractivity contribution in [2.45, 2.75) is 32.1 Å². The van der Waals surface area contributed by atoms with Gasteiger partial charge in [-0.1, -0.05) is 25.7 Å². The van der Waals surface area contributed by atoms with Gasteiger partial charge in [-0.3, -0.25) is 4.79 Å². The second-order valence-corrected chi connectivity index (χ2v) is 4.62. The molecule has 3 heteroatoms. The van der Waals surface area contributed by atoms with Crippen molar-refractivity contribution in [1.29, 1.82) is 0 Å². The zero-order valence-corrected chi connectivity index (χ0v) is 8.75. The fourth-order valence-electron chi connectivity index (χ4n) is 2.65. The van der Waals surface area contributed by atoms with Crippen molar-refractivity contribution in [3.8, 4) is 0 Å². The topological polar surface area (TPSA) is 35.5 Å². The molecule has 2 fully saturated rings. The molecule has 1 saturated carbocycles. The lowest BCUT2D eigenvalue weighted by Crippen LogP contribution is -2.50. The molecule has 0 unspecified atom stereocenters. The maximum Gasteiger partial charge on any atom is 0.316 e. The summed E-state index contributed by atoms with van der Waals surface area (Å²) in [7, 11) is 1.47. The van der Waals surface area contributed by atoms with E-state index in [9.17, 15) is 4.79 Å². The summed E-state index contributed by atoms with van der Waals surface area (Å²) >= 11 is 0. The maximum absolute atomic E-state index is 11.6. The monoisotopic (exact) mass is 198 g/mol. The van der Waals surface area contributed by atoms with Gasteiger partial charge in [0.05, 0.1) is 20.3 Å². The van der Waals surface area contributed by atoms with Crippen LogP contribution in [-0.4, -0.2) is 26.3 Å². The molecule has 0 amide bonds. The predicted molar refractivity (Wildman–Crippen MR) is 51.8 cm³/mol. The van der Waals surface area contributed by atoms with Crippen LogP contribution in [-0.2, 0) is 14.3 Å². The lowest BCUT2D eigenvalue weighted by molar-refractivity contribution is -0.186. The largest absolute Gasteiger partial charge is 0.468 e. The summed E-state index contributed by atoms with van der Waals surface area (Å²) in [6.45, 7) is 1.13. The summed E-state index contributed by atoms with van der Waals surface area (Å²) in [4.78, 5) is 11.6. The Hall–Kier alpha value is -0.570. The third-order valence-corrected chi connectivity index (χ3v) is 3.53. The SMILES string of the molecule is COC(=O)C1(CC2CCCC2)COC1. The first-order valence-electron chi connectivity index (χ1n) is 5.43. The predicted octanol–water partition coefficient (Wildman–Crippen LogP) is 1.76. The number of carbonyl (C=O) groups excluding carboxylic acids is 1. The van der Waals surface area contributed by atoms with Gasteiger partial charge in [-0.05, 0) is 12.3 Å². The van der Waals surface area contributed by atoms with Crippen LogP contribution < -0.4 is 0 Å². The number of hydrogen-bond acceptors (Lipinski definition) is 3. The highest BCUT2D eigenvalue weighted by molar-refractivity contribution is 5.78. The third kappa shape index (κ3) is 1.65. The van der Waals surface area contributed by atoms with E-state index in [1.807, 2.05) is 0 Å². The van der Waals surface area contributed by atoms with Crippen LogP contribution in [0.25, 0.3) is 0 Å². The average molecular weight is 198 g/mol. The highest BCUT2D eigenvalue weighted by Crippen LogP contribution is 2.41. The van der Waals surface area contributed by atoms with E-state index >= 15 is 0 Å². The van der Waals surface area contributed by atoms with E-state index in [-0.39, 0.29) is 11.4 Å². The van der Waals surface area contributed by atoms with Gasteiger partial charge in [-0.15, -0.1) is 0 Å². The average Bonchev–Trinajstić information content (AvgIpc) is 2.62. The van der Waals surface area contributed by atoms with Crippen LogP contribution in [0.1, 0.15) is 32.1 Å². The van der Waals surface area contributed by atoms with Crippen LogP contribution in [0.2, 0.25) is 0 Å². The van der Waals surface area contributed by atoms with Gasteiger partial charge in [0.1, 0.15) is 5.41 Å². The number of ether oxygens (including phenoxy) is 2. The Balaban J connectivity index is 1.94. The molecule has 2 rings (SSSR count). The molecule has 0 atom stereocenters. The highest BCUT2D eigenvalue weighted by atomic mass is 16.5. The van der Waals surface area contributed by atoms with E-state index in [0.29, 0.717) is 13.2 Å². The number of rotatable bonds is 3. The van der Waals surface area contributed by atoms with Crippen LogP contribution in [0.4, 0.5) is 0 Å². The van der Waals surface area contributed by atoms with Crippen LogP contribution in [0.3, 0.4) is 0 Å². The lowest BCUT2D eigenvalue weighted by atomic mass is 9.77. The Morgan fingerprint density at radius 2 is 2.07 bits per heavy atom. The van der Waals surface area contributed by atoms with Crippen molar-refractivity contribution in [2.75, 3.05) is 20.3 Å². The molecule has 80 valence electrons. The van der Waals surface area contributed by atoms with Crippen molar-refractivity contribution < 1.29 is 14.3 Å². The van der Waals surface area contributed by atoms with Crippen LogP contribution in [0.5, 0.6) is 0 Å². The van der Waals surface area contributed by atoms with Crippen molar-refractivity contribution in [3.05, 3.63) is 0 Å². The molecular formula is C11H18O3. The minimum absolute atomic E-state index is 0.0735. The first kappa shape index (κ1) is 9.97. The van der Waals surface area contributed by atoms with Gasteiger partial charge < -0.3 is 9.47 Å². The summed E-state index contributed by atoms with van der Waals surface area (Å²) in [6, 6.07) is 0. The Morgan fingerprint density at radius 1 is 1.43 bits per heavy atom. The minimum Gasteiger partial charge on any atom is -0.468 e. The molecular weight excluding hydrogens is 180 g/mol. The normalized spacial score (nSPS) is 25.8.